The third-order valence-electron chi connectivity index (χ3n) is 2.80. The lowest BCUT2D eigenvalue weighted by Gasteiger charge is -2.07. The van der Waals surface area contributed by atoms with Crippen LogP contribution >= 0.6 is 0 Å². The van der Waals surface area contributed by atoms with Crippen molar-refractivity contribution >= 4 is 5.69 Å². The maximum absolute atomic E-state index is 5.47. The lowest BCUT2D eigenvalue weighted by Crippen LogP contribution is -2.01. The van der Waals surface area contributed by atoms with E-state index in [0.29, 0.717) is 0 Å². The molecule has 0 atom stereocenters. The molecule has 0 aliphatic carbocycles. The molecule has 1 N–H and O–H groups in total. The molecule has 2 rings (SSSR count). The summed E-state index contributed by atoms with van der Waals surface area (Å²) in [6, 6.07) is 6.40. The first kappa shape index (κ1) is 10.3. The number of ether oxygens (including phenoxy) is 1. The Labute approximate surface area is 91.6 Å². The van der Waals surface area contributed by atoms with Crippen LogP contribution in [0.15, 0.2) is 18.2 Å². The third-order valence-corrected chi connectivity index (χ3v) is 2.80. The highest BCUT2D eigenvalue weighted by Crippen LogP contribution is 2.27. The molecule has 0 amide bonds. The van der Waals surface area contributed by atoms with Gasteiger partial charge in [-0.15, -0.1) is 0 Å². The zero-order valence-corrected chi connectivity index (χ0v) is 9.38. The number of fused-ring (bicyclic) bond motifs is 1. The van der Waals surface area contributed by atoms with E-state index in [1.54, 1.807) is 0 Å². The maximum atomic E-state index is 5.47. The Hall–Kier alpha value is -1.18. The van der Waals surface area contributed by atoms with Crippen molar-refractivity contribution in [3.63, 3.8) is 0 Å². The van der Waals surface area contributed by atoms with Crippen LogP contribution in [-0.2, 0) is 6.42 Å². The van der Waals surface area contributed by atoms with E-state index in [1.165, 1.54) is 30.5 Å². The number of unbranched alkanes of at least 4 members (excludes halogenated alkanes) is 2. The van der Waals surface area contributed by atoms with Crippen molar-refractivity contribution in [2.45, 2.75) is 32.6 Å². The van der Waals surface area contributed by atoms with Gasteiger partial charge in [-0.05, 0) is 30.2 Å². The monoisotopic (exact) mass is 205 g/mol. The van der Waals surface area contributed by atoms with Crippen molar-refractivity contribution in [3.05, 3.63) is 23.8 Å². The first-order valence-electron chi connectivity index (χ1n) is 5.90. The summed E-state index contributed by atoms with van der Waals surface area (Å²) in [5.41, 5.74) is 2.57. The Balaban J connectivity index is 1.87. The first-order valence-corrected chi connectivity index (χ1v) is 5.90. The standard InChI is InChI=1S/C13H19NO/c1-2-3-4-8-14-12-5-6-13-11(10-12)7-9-15-13/h5-6,10,14H,2-4,7-9H2,1H3. The van der Waals surface area contributed by atoms with Crippen molar-refractivity contribution in [2.75, 3.05) is 18.5 Å². The second-order valence-corrected chi connectivity index (χ2v) is 4.05. The molecule has 2 heteroatoms. The van der Waals surface area contributed by atoms with E-state index in [0.717, 1.165) is 25.3 Å². The van der Waals surface area contributed by atoms with E-state index >= 15 is 0 Å². The van der Waals surface area contributed by atoms with Gasteiger partial charge >= 0.3 is 0 Å². The summed E-state index contributed by atoms with van der Waals surface area (Å²) in [7, 11) is 0. The van der Waals surface area contributed by atoms with Crippen LogP contribution in [0, 0.1) is 0 Å². The molecule has 0 saturated carbocycles. The molecule has 0 radical (unpaired) electrons. The van der Waals surface area contributed by atoms with Gasteiger partial charge in [-0.1, -0.05) is 19.8 Å². The predicted octanol–water partition coefficient (Wildman–Crippen LogP) is 3.22. The van der Waals surface area contributed by atoms with Crippen LogP contribution in [-0.4, -0.2) is 13.2 Å². The summed E-state index contributed by atoms with van der Waals surface area (Å²) in [5.74, 6) is 1.06. The molecular weight excluding hydrogens is 186 g/mol. The quantitative estimate of drug-likeness (QED) is 0.745. The first-order chi connectivity index (χ1) is 7.40. The molecule has 0 fully saturated rings. The summed E-state index contributed by atoms with van der Waals surface area (Å²) < 4.78 is 5.47. The highest BCUT2D eigenvalue weighted by Gasteiger charge is 2.11. The molecule has 1 aromatic rings. The second kappa shape index (κ2) is 5.06. The SMILES string of the molecule is CCCCCNc1ccc2c(c1)CCO2. The van der Waals surface area contributed by atoms with Crippen LogP contribution < -0.4 is 10.1 Å². The summed E-state index contributed by atoms with van der Waals surface area (Å²) in [5, 5.41) is 3.45. The van der Waals surface area contributed by atoms with E-state index in [4.69, 9.17) is 4.74 Å². The average molecular weight is 205 g/mol. The van der Waals surface area contributed by atoms with Crippen molar-refractivity contribution in [2.24, 2.45) is 0 Å². The molecule has 0 bridgehead atoms. The molecule has 2 nitrogen and oxygen atoms in total. The molecule has 82 valence electrons. The fourth-order valence-corrected chi connectivity index (χ4v) is 1.90. The van der Waals surface area contributed by atoms with Crippen molar-refractivity contribution < 1.29 is 4.74 Å². The molecule has 0 spiro atoms. The van der Waals surface area contributed by atoms with Gasteiger partial charge in [-0.25, -0.2) is 0 Å². The van der Waals surface area contributed by atoms with Gasteiger partial charge in [-0.3, -0.25) is 0 Å². The zero-order valence-electron chi connectivity index (χ0n) is 9.38. The average Bonchev–Trinajstić information content (AvgIpc) is 2.71. The lowest BCUT2D eigenvalue weighted by molar-refractivity contribution is 0.357. The Morgan fingerprint density at radius 1 is 1.33 bits per heavy atom. The van der Waals surface area contributed by atoms with E-state index in [-0.39, 0.29) is 0 Å². The number of nitrogens with one attached hydrogen (secondary N) is 1. The fraction of sp³-hybridized carbons (Fsp3) is 0.538. The van der Waals surface area contributed by atoms with Gasteiger partial charge in [0, 0.05) is 18.7 Å². The van der Waals surface area contributed by atoms with E-state index in [1.807, 2.05) is 0 Å². The number of hydrogen-bond acceptors (Lipinski definition) is 2. The molecule has 0 aromatic heterocycles. The van der Waals surface area contributed by atoms with Crippen LogP contribution in [0.3, 0.4) is 0 Å². The minimum absolute atomic E-state index is 0.842. The number of hydrogen-bond donors (Lipinski definition) is 1. The minimum Gasteiger partial charge on any atom is -0.493 e. The van der Waals surface area contributed by atoms with Gasteiger partial charge in [0.05, 0.1) is 6.61 Å². The molecule has 1 aliphatic rings. The predicted molar refractivity (Wildman–Crippen MR) is 63.7 cm³/mol. The van der Waals surface area contributed by atoms with Gasteiger partial charge in [0.2, 0.25) is 0 Å². The summed E-state index contributed by atoms with van der Waals surface area (Å²) in [6.45, 7) is 4.15. The number of benzene rings is 1. The van der Waals surface area contributed by atoms with Gasteiger partial charge in [0.25, 0.3) is 0 Å². The van der Waals surface area contributed by atoms with E-state index < -0.39 is 0 Å². The lowest BCUT2D eigenvalue weighted by atomic mass is 10.1. The molecule has 0 saturated heterocycles. The van der Waals surface area contributed by atoms with Gasteiger partial charge < -0.3 is 10.1 Å². The van der Waals surface area contributed by atoms with E-state index in [2.05, 4.69) is 30.4 Å². The van der Waals surface area contributed by atoms with E-state index in [9.17, 15) is 0 Å². The summed E-state index contributed by atoms with van der Waals surface area (Å²) in [4.78, 5) is 0. The van der Waals surface area contributed by atoms with Gasteiger partial charge in [-0.2, -0.15) is 0 Å². The van der Waals surface area contributed by atoms with Crippen LogP contribution in [0.1, 0.15) is 31.7 Å². The topological polar surface area (TPSA) is 21.3 Å². The largest absolute Gasteiger partial charge is 0.493 e. The summed E-state index contributed by atoms with van der Waals surface area (Å²) in [6.07, 6.45) is 4.89. The Bertz CT molecular complexity index is 322. The van der Waals surface area contributed by atoms with Crippen molar-refractivity contribution in [1.29, 1.82) is 0 Å². The third kappa shape index (κ3) is 2.65. The summed E-state index contributed by atoms with van der Waals surface area (Å²) >= 11 is 0. The molecule has 15 heavy (non-hydrogen) atoms. The highest BCUT2D eigenvalue weighted by atomic mass is 16.5. The normalized spacial score (nSPS) is 13.4. The van der Waals surface area contributed by atoms with Crippen molar-refractivity contribution in [3.8, 4) is 5.75 Å². The van der Waals surface area contributed by atoms with Gasteiger partial charge in [0.15, 0.2) is 0 Å². The Morgan fingerprint density at radius 3 is 3.13 bits per heavy atom. The Morgan fingerprint density at radius 2 is 2.27 bits per heavy atom. The molecule has 1 aliphatic heterocycles. The van der Waals surface area contributed by atoms with Crippen LogP contribution in [0.4, 0.5) is 5.69 Å². The Kier molecular flexibility index (Phi) is 3.49. The molecule has 1 aromatic carbocycles. The second-order valence-electron chi connectivity index (χ2n) is 4.05. The zero-order chi connectivity index (χ0) is 10.5. The van der Waals surface area contributed by atoms with Gasteiger partial charge in [0.1, 0.15) is 5.75 Å². The van der Waals surface area contributed by atoms with Crippen LogP contribution in [0.2, 0.25) is 0 Å². The molecule has 1 heterocycles. The number of anilines is 1. The number of rotatable bonds is 5. The minimum atomic E-state index is 0.842. The van der Waals surface area contributed by atoms with Crippen LogP contribution in [0.5, 0.6) is 5.75 Å². The molecular formula is C13H19NO. The van der Waals surface area contributed by atoms with Crippen LogP contribution in [0.25, 0.3) is 0 Å². The highest BCUT2D eigenvalue weighted by molar-refractivity contribution is 5.52. The maximum Gasteiger partial charge on any atom is 0.122 e. The van der Waals surface area contributed by atoms with Crippen molar-refractivity contribution in [1.82, 2.24) is 0 Å². The molecule has 0 unspecified atom stereocenters. The smallest absolute Gasteiger partial charge is 0.122 e. The fourth-order valence-electron chi connectivity index (χ4n) is 1.90.